The van der Waals surface area contributed by atoms with Crippen molar-refractivity contribution in [2.75, 3.05) is 6.61 Å². The van der Waals surface area contributed by atoms with E-state index in [9.17, 15) is 4.79 Å². The van der Waals surface area contributed by atoms with E-state index in [1.54, 1.807) is 0 Å². The molecule has 50 valence electrons. The Morgan fingerprint density at radius 2 is 2.44 bits per heavy atom. The lowest BCUT2D eigenvalue weighted by atomic mass is 10.2. The van der Waals surface area contributed by atoms with Gasteiger partial charge in [0.05, 0.1) is 12.7 Å². The summed E-state index contributed by atoms with van der Waals surface area (Å²) in [5, 5.41) is 17.2. The number of aliphatic hydroxyl groups is 2. The van der Waals surface area contributed by atoms with Gasteiger partial charge in [-0.25, -0.2) is 0 Å². The van der Waals surface area contributed by atoms with Crippen LogP contribution in [0.3, 0.4) is 0 Å². The van der Waals surface area contributed by atoms with Crippen molar-refractivity contribution in [1.82, 2.24) is 0 Å². The Kier molecular flexibility index (Phi) is 1.64. The van der Waals surface area contributed by atoms with Gasteiger partial charge < -0.3 is 10.2 Å². The highest BCUT2D eigenvalue weighted by Gasteiger charge is 2.20. The summed E-state index contributed by atoms with van der Waals surface area (Å²) >= 11 is 0. The number of hydrogen-bond donors (Lipinski definition) is 2. The second-order valence-corrected chi connectivity index (χ2v) is 2.04. The average Bonchev–Trinajstić information content (AvgIpc) is 2.10. The molecular formula is C6H8O3. The zero-order valence-corrected chi connectivity index (χ0v) is 4.87. The van der Waals surface area contributed by atoms with E-state index < -0.39 is 6.10 Å². The van der Waals surface area contributed by atoms with E-state index in [-0.39, 0.29) is 18.8 Å². The summed E-state index contributed by atoms with van der Waals surface area (Å²) in [6.07, 6.45) is 0.859. The predicted octanol–water partition coefficient (Wildman–Crippen LogP) is -0.761. The van der Waals surface area contributed by atoms with Crippen molar-refractivity contribution in [3.8, 4) is 0 Å². The van der Waals surface area contributed by atoms with E-state index in [1.807, 2.05) is 0 Å². The highest BCUT2D eigenvalue weighted by molar-refractivity contribution is 5.98. The Hall–Kier alpha value is -0.670. The van der Waals surface area contributed by atoms with Crippen LogP contribution in [0.5, 0.6) is 0 Å². The third-order valence-corrected chi connectivity index (χ3v) is 1.32. The molecule has 0 fully saturated rings. The van der Waals surface area contributed by atoms with Gasteiger partial charge in [0, 0.05) is 12.0 Å². The lowest BCUT2D eigenvalue weighted by Gasteiger charge is -1.89. The second kappa shape index (κ2) is 2.29. The van der Waals surface area contributed by atoms with E-state index in [1.165, 1.54) is 6.08 Å². The molecule has 3 heteroatoms. The van der Waals surface area contributed by atoms with Gasteiger partial charge in [-0.2, -0.15) is 0 Å². The minimum Gasteiger partial charge on any atom is -0.392 e. The number of aliphatic hydroxyl groups excluding tert-OH is 2. The molecule has 0 unspecified atom stereocenters. The van der Waals surface area contributed by atoms with Crippen LogP contribution in [0.1, 0.15) is 6.42 Å². The van der Waals surface area contributed by atoms with Crippen molar-refractivity contribution >= 4 is 5.78 Å². The molecule has 0 amide bonds. The van der Waals surface area contributed by atoms with Crippen LogP contribution in [-0.2, 0) is 4.79 Å². The molecule has 1 rings (SSSR count). The fourth-order valence-corrected chi connectivity index (χ4v) is 0.846. The van der Waals surface area contributed by atoms with Crippen molar-refractivity contribution in [3.05, 3.63) is 11.6 Å². The number of Topliss-reactive ketones (excluding diaryl/α,β-unsaturated/α-hetero) is 1. The summed E-state index contributed by atoms with van der Waals surface area (Å²) in [4.78, 5) is 10.6. The van der Waals surface area contributed by atoms with Gasteiger partial charge in [0.1, 0.15) is 0 Å². The van der Waals surface area contributed by atoms with Crippen LogP contribution >= 0.6 is 0 Å². The van der Waals surface area contributed by atoms with E-state index in [0.717, 1.165) is 0 Å². The maximum Gasteiger partial charge on any atom is 0.163 e. The molecule has 0 radical (unpaired) electrons. The van der Waals surface area contributed by atoms with Crippen LogP contribution in [0, 0.1) is 0 Å². The fraction of sp³-hybridized carbons (Fsp3) is 0.500. The van der Waals surface area contributed by atoms with Gasteiger partial charge >= 0.3 is 0 Å². The van der Waals surface area contributed by atoms with Crippen LogP contribution < -0.4 is 0 Å². The van der Waals surface area contributed by atoms with E-state index in [2.05, 4.69) is 0 Å². The monoisotopic (exact) mass is 128 g/mol. The highest BCUT2D eigenvalue weighted by Crippen LogP contribution is 2.12. The van der Waals surface area contributed by atoms with Gasteiger partial charge in [0.25, 0.3) is 0 Å². The number of hydrogen-bond acceptors (Lipinski definition) is 3. The first-order valence-electron chi connectivity index (χ1n) is 2.77. The summed E-state index contributed by atoms with van der Waals surface area (Å²) in [7, 11) is 0. The Morgan fingerprint density at radius 1 is 1.78 bits per heavy atom. The largest absolute Gasteiger partial charge is 0.392 e. The fourth-order valence-electron chi connectivity index (χ4n) is 0.846. The first kappa shape index (κ1) is 6.45. The first-order valence-corrected chi connectivity index (χ1v) is 2.77. The second-order valence-electron chi connectivity index (χ2n) is 2.04. The molecule has 3 nitrogen and oxygen atoms in total. The average molecular weight is 128 g/mol. The molecule has 1 atom stereocenters. The molecule has 0 aromatic rings. The maximum absolute atomic E-state index is 10.6. The zero-order valence-electron chi connectivity index (χ0n) is 4.87. The molecule has 0 spiro atoms. The number of ketones is 1. The van der Waals surface area contributed by atoms with Crippen LogP contribution in [0.4, 0.5) is 0 Å². The van der Waals surface area contributed by atoms with Gasteiger partial charge in [0.15, 0.2) is 5.78 Å². The molecule has 0 saturated carbocycles. The van der Waals surface area contributed by atoms with Gasteiger partial charge in [-0.15, -0.1) is 0 Å². The standard InChI is InChI=1S/C6H8O3/c7-3-4-1-5(8)2-6(4)9/h1,5,7-8H,2-3H2/t5-/m0/s1. The van der Waals surface area contributed by atoms with Crippen LogP contribution in [-0.4, -0.2) is 28.7 Å². The summed E-state index contributed by atoms with van der Waals surface area (Å²) in [5.41, 5.74) is 0.336. The lowest BCUT2D eigenvalue weighted by molar-refractivity contribution is -0.116. The van der Waals surface area contributed by atoms with E-state index in [0.29, 0.717) is 5.57 Å². The third-order valence-electron chi connectivity index (χ3n) is 1.32. The topological polar surface area (TPSA) is 57.5 Å². The summed E-state index contributed by atoms with van der Waals surface area (Å²) < 4.78 is 0. The highest BCUT2D eigenvalue weighted by atomic mass is 16.3. The predicted molar refractivity (Wildman–Crippen MR) is 30.8 cm³/mol. The lowest BCUT2D eigenvalue weighted by Crippen LogP contribution is -2.02. The minimum absolute atomic E-state index is 0.135. The molecular weight excluding hydrogens is 120 g/mol. The van der Waals surface area contributed by atoms with Crippen molar-refractivity contribution in [1.29, 1.82) is 0 Å². The molecule has 1 aliphatic rings. The Morgan fingerprint density at radius 3 is 2.67 bits per heavy atom. The quantitative estimate of drug-likeness (QED) is 0.488. The maximum atomic E-state index is 10.6. The molecule has 0 bridgehead atoms. The van der Waals surface area contributed by atoms with Crippen LogP contribution in [0.15, 0.2) is 11.6 Å². The van der Waals surface area contributed by atoms with Crippen LogP contribution in [0.2, 0.25) is 0 Å². The van der Waals surface area contributed by atoms with Crippen molar-refractivity contribution in [2.45, 2.75) is 12.5 Å². The van der Waals surface area contributed by atoms with Crippen LogP contribution in [0.25, 0.3) is 0 Å². The summed E-state index contributed by atoms with van der Waals surface area (Å²) in [6.45, 7) is -0.254. The zero-order chi connectivity index (χ0) is 6.85. The molecule has 0 aromatic carbocycles. The Balaban J connectivity index is 2.68. The van der Waals surface area contributed by atoms with Gasteiger partial charge in [-0.05, 0) is 6.08 Å². The smallest absolute Gasteiger partial charge is 0.163 e. The summed E-state index contributed by atoms with van der Waals surface area (Å²) in [6, 6.07) is 0. The number of carbonyl (C=O) groups excluding carboxylic acids is 1. The third kappa shape index (κ3) is 1.17. The number of rotatable bonds is 1. The Labute approximate surface area is 52.6 Å². The molecule has 1 aliphatic carbocycles. The minimum atomic E-state index is -0.667. The van der Waals surface area contributed by atoms with E-state index >= 15 is 0 Å². The van der Waals surface area contributed by atoms with Gasteiger partial charge in [-0.3, -0.25) is 4.79 Å². The molecule has 9 heavy (non-hydrogen) atoms. The van der Waals surface area contributed by atoms with Gasteiger partial charge in [0.2, 0.25) is 0 Å². The molecule has 0 aromatic heterocycles. The van der Waals surface area contributed by atoms with Crippen molar-refractivity contribution in [2.24, 2.45) is 0 Å². The van der Waals surface area contributed by atoms with E-state index in [4.69, 9.17) is 10.2 Å². The molecule has 0 aliphatic heterocycles. The first-order chi connectivity index (χ1) is 4.24. The van der Waals surface area contributed by atoms with Crippen molar-refractivity contribution in [3.63, 3.8) is 0 Å². The number of carbonyl (C=O) groups is 1. The van der Waals surface area contributed by atoms with Gasteiger partial charge in [-0.1, -0.05) is 0 Å². The Bertz CT molecular complexity index is 160. The SMILES string of the molecule is O=C1C[C@@H](O)C=C1CO. The summed E-state index contributed by atoms with van der Waals surface area (Å²) in [5.74, 6) is -0.148. The molecule has 2 N–H and O–H groups in total. The molecule has 0 saturated heterocycles. The normalized spacial score (nSPS) is 26.7. The van der Waals surface area contributed by atoms with Crippen molar-refractivity contribution < 1.29 is 15.0 Å². The molecule has 0 heterocycles.